The van der Waals surface area contributed by atoms with Gasteiger partial charge in [-0.3, -0.25) is 0 Å². The molecular weight excluding hydrogens is 577 g/mol. The van der Waals surface area contributed by atoms with Gasteiger partial charge in [0, 0.05) is 42.3 Å². The van der Waals surface area contributed by atoms with Gasteiger partial charge in [-0.05, 0) is 61.4 Å². The highest BCUT2D eigenvalue weighted by Crippen LogP contribution is 2.43. The first-order valence-electron chi connectivity index (χ1n) is 14.7. The Morgan fingerprint density at radius 3 is 2.36 bits per heavy atom. The van der Waals surface area contributed by atoms with Crippen molar-refractivity contribution >= 4 is 46.6 Å². The number of benzene rings is 3. The van der Waals surface area contributed by atoms with Crippen LogP contribution in [0.3, 0.4) is 0 Å². The van der Waals surface area contributed by atoms with Gasteiger partial charge in [0.2, 0.25) is 11.8 Å². The Balaban J connectivity index is 1.39. The monoisotopic (exact) mass is 617 g/mol. The molecule has 3 N–H and O–H groups in total. The standard InChI is InChI=1S/C33H40N5O5P/c1-33(2,3)21-19-26(30(41-4)28(20-21)44(5,6)40)37-32(39)36-25-11-12-27(24-10-8-7-9-23(24)25)43-29-13-16-34-31(38-29)35-22-14-17-42-18-15-22/h7-13,16,19-20,22H,14-15,17-18H2,1-6H3,(H,34,35,38)(H2,36,37,39). The molecule has 0 spiro atoms. The predicted octanol–water partition coefficient (Wildman–Crippen LogP) is 7.21. The first-order chi connectivity index (χ1) is 20.9. The van der Waals surface area contributed by atoms with E-state index < -0.39 is 13.2 Å². The Hall–Kier alpha value is -4.14. The smallest absolute Gasteiger partial charge is 0.323 e. The van der Waals surface area contributed by atoms with E-state index >= 15 is 0 Å². The van der Waals surface area contributed by atoms with Crippen molar-refractivity contribution in [2.75, 3.05) is 49.6 Å². The zero-order chi connectivity index (χ0) is 31.5. The molecule has 2 heterocycles. The quantitative estimate of drug-likeness (QED) is 0.177. The number of hydrogen-bond donors (Lipinski definition) is 3. The van der Waals surface area contributed by atoms with Crippen LogP contribution in [0.25, 0.3) is 10.8 Å². The number of methoxy groups -OCH3 is 1. The number of anilines is 3. The normalized spacial score (nSPS) is 14.2. The van der Waals surface area contributed by atoms with Gasteiger partial charge in [0.05, 0.1) is 23.8 Å². The number of carbonyl (C=O) groups excluding carboxylic acids is 1. The van der Waals surface area contributed by atoms with E-state index in [1.807, 2.05) is 36.4 Å². The second-order valence-corrected chi connectivity index (χ2v) is 15.4. The van der Waals surface area contributed by atoms with Crippen molar-refractivity contribution in [2.24, 2.45) is 0 Å². The molecule has 10 nitrogen and oxygen atoms in total. The molecule has 0 unspecified atom stereocenters. The SMILES string of the molecule is COc1c(NC(=O)Nc2ccc(Oc3ccnc(NC4CCOCC4)n3)c3ccccc23)cc(C(C)(C)C)cc1P(C)(C)=O. The van der Waals surface area contributed by atoms with Crippen molar-refractivity contribution in [3.63, 3.8) is 0 Å². The summed E-state index contributed by atoms with van der Waals surface area (Å²) in [5.74, 6) is 1.90. The highest BCUT2D eigenvalue weighted by atomic mass is 31.2. The molecule has 0 atom stereocenters. The predicted molar refractivity (Wildman–Crippen MR) is 177 cm³/mol. The van der Waals surface area contributed by atoms with Crippen LogP contribution >= 0.6 is 7.14 Å². The average molecular weight is 618 g/mol. The number of carbonyl (C=O) groups is 1. The van der Waals surface area contributed by atoms with E-state index in [0.717, 1.165) is 42.4 Å². The molecule has 1 aliphatic heterocycles. The molecule has 1 aliphatic rings. The fourth-order valence-corrected chi connectivity index (χ4v) is 6.26. The minimum absolute atomic E-state index is 0.236. The van der Waals surface area contributed by atoms with Gasteiger partial charge >= 0.3 is 6.03 Å². The summed E-state index contributed by atoms with van der Waals surface area (Å²) in [5, 5.41) is 11.4. The van der Waals surface area contributed by atoms with Gasteiger partial charge in [-0.25, -0.2) is 9.78 Å². The number of ether oxygens (including phenoxy) is 3. The first kappa shape index (κ1) is 31.3. The summed E-state index contributed by atoms with van der Waals surface area (Å²) >= 11 is 0. The lowest BCUT2D eigenvalue weighted by Crippen LogP contribution is -2.28. The van der Waals surface area contributed by atoms with Gasteiger partial charge in [-0.15, -0.1) is 0 Å². The lowest BCUT2D eigenvalue weighted by Gasteiger charge is -2.25. The molecule has 1 fully saturated rings. The van der Waals surface area contributed by atoms with E-state index in [-0.39, 0.29) is 11.5 Å². The van der Waals surface area contributed by atoms with Crippen LogP contribution in [-0.4, -0.2) is 55.7 Å². The van der Waals surface area contributed by atoms with Crippen molar-refractivity contribution in [1.29, 1.82) is 0 Å². The molecular formula is C33H40N5O5P. The summed E-state index contributed by atoms with van der Waals surface area (Å²) in [7, 11) is -1.20. The third kappa shape index (κ3) is 7.31. The number of amides is 2. The van der Waals surface area contributed by atoms with Crippen LogP contribution in [0.2, 0.25) is 0 Å². The van der Waals surface area contributed by atoms with Gasteiger partial charge in [0.15, 0.2) is 5.75 Å². The molecule has 3 aromatic carbocycles. The third-order valence-electron chi connectivity index (χ3n) is 7.50. The maximum absolute atomic E-state index is 13.4. The van der Waals surface area contributed by atoms with Crippen LogP contribution in [0.4, 0.5) is 22.1 Å². The van der Waals surface area contributed by atoms with Crippen molar-refractivity contribution in [3.05, 3.63) is 66.4 Å². The van der Waals surface area contributed by atoms with Gasteiger partial charge in [-0.2, -0.15) is 4.98 Å². The van der Waals surface area contributed by atoms with Crippen molar-refractivity contribution in [3.8, 4) is 17.4 Å². The van der Waals surface area contributed by atoms with Crippen LogP contribution in [0.5, 0.6) is 17.4 Å². The molecule has 0 bridgehead atoms. The van der Waals surface area contributed by atoms with E-state index in [9.17, 15) is 9.36 Å². The van der Waals surface area contributed by atoms with Crippen LogP contribution in [0.15, 0.2) is 60.8 Å². The lowest BCUT2D eigenvalue weighted by atomic mass is 9.86. The Kier molecular flexibility index (Phi) is 9.13. The summed E-state index contributed by atoms with van der Waals surface area (Å²) < 4.78 is 30.5. The summed E-state index contributed by atoms with van der Waals surface area (Å²) in [4.78, 5) is 22.3. The fourth-order valence-electron chi connectivity index (χ4n) is 5.10. The molecule has 44 heavy (non-hydrogen) atoms. The van der Waals surface area contributed by atoms with E-state index in [1.54, 1.807) is 37.7 Å². The minimum Gasteiger partial charge on any atom is -0.494 e. The number of urea groups is 1. The molecule has 232 valence electrons. The number of nitrogens with zero attached hydrogens (tertiary/aromatic N) is 2. The highest BCUT2D eigenvalue weighted by Gasteiger charge is 2.26. The van der Waals surface area contributed by atoms with Crippen LogP contribution in [0, 0.1) is 0 Å². The minimum atomic E-state index is -2.71. The molecule has 1 saturated heterocycles. The Morgan fingerprint density at radius 1 is 0.977 bits per heavy atom. The fraction of sp³-hybridized carbons (Fsp3) is 0.364. The molecule has 4 aromatic rings. The largest absolute Gasteiger partial charge is 0.494 e. The number of aromatic nitrogens is 2. The maximum atomic E-state index is 13.4. The molecule has 0 saturated carbocycles. The van der Waals surface area contributed by atoms with E-state index in [2.05, 4.69) is 46.7 Å². The summed E-state index contributed by atoms with van der Waals surface area (Å²) in [5.41, 5.74) is 1.75. The Morgan fingerprint density at radius 2 is 1.68 bits per heavy atom. The van der Waals surface area contributed by atoms with Crippen molar-refractivity contribution < 1.29 is 23.6 Å². The summed E-state index contributed by atoms with van der Waals surface area (Å²) in [6.07, 6.45) is 3.46. The number of rotatable bonds is 8. The zero-order valence-corrected chi connectivity index (χ0v) is 27.0. The molecule has 5 rings (SSSR count). The van der Waals surface area contributed by atoms with E-state index in [0.29, 0.717) is 40.0 Å². The topological polar surface area (TPSA) is 124 Å². The number of hydrogen-bond acceptors (Lipinski definition) is 8. The van der Waals surface area contributed by atoms with Gasteiger partial charge in [0.25, 0.3) is 0 Å². The molecule has 2 amide bonds. The van der Waals surface area contributed by atoms with Gasteiger partial charge in [-0.1, -0.05) is 45.0 Å². The Labute approximate surface area is 258 Å². The van der Waals surface area contributed by atoms with Crippen molar-refractivity contribution in [1.82, 2.24) is 9.97 Å². The number of fused-ring (bicyclic) bond motifs is 1. The maximum Gasteiger partial charge on any atom is 0.323 e. The third-order valence-corrected chi connectivity index (χ3v) is 8.99. The molecule has 0 radical (unpaired) electrons. The molecule has 1 aromatic heterocycles. The Bertz CT molecular complexity index is 1710. The van der Waals surface area contributed by atoms with E-state index in [1.165, 1.54) is 7.11 Å². The van der Waals surface area contributed by atoms with Gasteiger partial charge in [0.1, 0.15) is 12.9 Å². The number of nitrogens with one attached hydrogen (secondary N) is 3. The first-order valence-corrected chi connectivity index (χ1v) is 17.3. The highest BCUT2D eigenvalue weighted by molar-refractivity contribution is 7.70. The van der Waals surface area contributed by atoms with E-state index in [4.69, 9.17) is 14.2 Å². The second kappa shape index (κ2) is 12.8. The summed E-state index contributed by atoms with van der Waals surface area (Å²) in [6.45, 7) is 11.0. The zero-order valence-electron chi connectivity index (χ0n) is 26.1. The second-order valence-electron chi connectivity index (χ2n) is 12.3. The lowest BCUT2D eigenvalue weighted by molar-refractivity contribution is 0.0903. The van der Waals surface area contributed by atoms with Crippen LogP contribution < -0.4 is 30.7 Å². The summed E-state index contributed by atoms with van der Waals surface area (Å²) in [6, 6.07) is 16.5. The average Bonchev–Trinajstić information content (AvgIpc) is 2.98. The van der Waals surface area contributed by atoms with Crippen LogP contribution in [-0.2, 0) is 14.7 Å². The molecule has 11 heteroatoms. The molecule has 0 aliphatic carbocycles. The van der Waals surface area contributed by atoms with Crippen molar-refractivity contribution in [2.45, 2.75) is 45.1 Å². The van der Waals surface area contributed by atoms with Crippen LogP contribution in [0.1, 0.15) is 39.2 Å². The van der Waals surface area contributed by atoms with Gasteiger partial charge < -0.3 is 34.7 Å².